The lowest BCUT2D eigenvalue weighted by Gasteiger charge is -2.07. The fraction of sp³-hybridized carbons (Fsp3) is 0.333. The Labute approximate surface area is 297 Å². The van der Waals surface area contributed by atoms with E-state index in [-0.39, 0.29) is 5.69 Å². The number of carbonyl (C=O) groups excluding carboxylic acids is 1. The topological polar surface area (TPSA) is 170 Å². The number of nitrogen functional groups attached to an aromatic ring is 1. The van der Waals surface area contributed by atoms with E-state index in [2.05, 4.69) is 40.4 Å². The van der Waals surface area contributed by atoms with Crippen molar-refractivity contribution in [3.8, 4) is 0 Å². The molecule has 0 aliphatic rings. The Kier molecular flexibility index (Phi) is 15.5. The van der Waals surface area contributed by atoms with Crippen LogP contribution >= 0.6 is 0 Å². The number of Topliss-reactive ketones (excluding diaryl/α,β-unsaturated/α-hetero) is 1. The molecule has 3 aromatic carbocycles. The van der Waals surface area contributed by atoms with Gasteiger partial charge in [0, 0.05) is 12.6 Å². The van der Waals surface area contributed by atoms with Gasteiger partial charge < -0.3 is 21.1 Å². The number of halogens is 6. The minimum atomic E-state index is -5.20. The number of azo groups is 2. The van der Waals surface area contributed by atoms with Crippen molar-refractivity contribution in [1.82, 2.24) is 0 Å². The normalized spacial score (nSPS) is 12.8. The Morgan fingerprint density at radius 2 is 0.827 bits per heavy atom. The van der Waals surface area contributed by atoms with Gasteiger partial charge in [0.25, 0.3) is 0 Å². The highest BCUT2D eigenvalue weighted by Crippen LogP contribution is 2.30. The summed E-state index contributed by atoms with van der Waals surface area (Å²) in [7, 11) is 0. The molecule has 0 unspecified atom stereocenters. The molecule has 0 radical (unpaired) electrons. The van der Waals surface area contributed by atoms with Crippen molar-refractivity contribution in [2.75, 3.05) is 5.73 Å². The second-order valence-corrected chi connectivity index (χ2v) is 11.9. The zero-order chi connectivity index (χ0) is 40.5. The minimum Gasteiger partial charge on any atom is -0.503 e. The summed E-state index contributed by atoms with van der Waals surface area (Å²) in [4.78, 5) is 21.9. The molecule has 52 heavy (non-hydrogen) atoms. The van der Waals surface area contributed by atoms with Crippen LogP contribution in [0.1, 0.15) is 57.0 Å². The van der Waals surface area contributed by atoms with Gasteiger partial charge in [-0.3, -0.25) is 4.79 Å². The van der Waals surface area contributed by atoms with E-state index in [0.717, 1.165) is 34.9 Å². The van der Waals surface area contributed by atoms with Gasteiger partial charge in [-0.2, -0.15) is 31.5 Å². The third-order valence-corrected chi connectivity index (χ3v) is 7.54. The van der Waals surface area contributed by atoms with E-state index in [1.807, 2.05) is 39.8 Å². The Morgan fingerprint density at radius 3 is 1.15 bits per heavy atom. The highest BCUT2D eigenvalue weighted by atomic mass is 19.4. The molecule has 282 valence electrons. The molecule has 10 nitrogen and oxygen atoms in total. The number of nitrogens with two attached hydrogens (primary N) is 1. The van der Waals surface area contributed by atoms with Crippen LogP contribution in [0.3, 0.4) is 0 Å². The zero-order valence-corrected chi connectivity index (χ0v) is 30.3. The van der Waals surface area contributed by atoms with E-state index in [9.17, 15) is 35.9 Å². The number of hydrogen-bond acceptors (Lipinski definition) is 9. The molecule has 0 aliphatic heterocycles. The molecule has 0 heterocycles. The van der Waals surface area contributed by atoms with Gasteiger partial charge in [0.05, 0.1) is 11.4 Å². The third kappa shape index (κ3) is 13.0. The zero-order valence-electron chi connectivity index (χ0n) is 30.3. The number of aliphatic carboxylic acids is 1. The third-order valence-electron chi connectivity index (χ3n) is 7.54. The fourth-order valence-electron chi connectivity index (χ4n) is 4.04. The van der Waals surface area contributed by atoms with E-state index < -0.39 is 47.0 Å². The number of carbonyl (C=O) groups is 2. The Bertz CT molecular complexity index is 1780. The first-order valence-electron chi connectivity index (χ1n) is 15.3. The Morgan fingerprint density at radius 1 is 0.519 bits per heavy atom. The van der Waals surface area contributed by atoms with Crippen molar-refractivity contribution in [3.05, 3.63) is 109 Å². The molecule has 0 bridgehead atoms. The number of aliphatic hydroxyl groups excluding tert-OH is 2. The van der Waals surface area contributed by atoms with Crippen LogP contribution < -0.4 is 5.73 Å². The lowest BCUT2D eigenvalue weighted by molar-refractivity contribution is -0.138. The molecule has 0 aromatic heterocycles. The molecule has 5 N–H and O–H groups in total. The average Bonchev–Trinajstić information content (AvgIpc) is 3.00. The van der Waals surface area contributed by atoms with E-state index in [1.165, 1.54) is 16.7 Å². The lowest BCUT2D eigenvalue weighted by atomic mass is 10.1. The summed E-state index contributed by atoms with van der Waals surface area (Å²) in [6.45, 7) is 17.8. The SMILES string of the molecule is CC(=O)C(N=Nc1cc(C)c(C)cc1C)=C(O)C(F)(F)F.Cc1cc(C)c(N)cc1C.Cc1cc(C)c(N=NC(C(=O)O)=C(O)C(F)(F)F)cc1C. The summed E-state index contributed by atoms with van der Waals surface area (Å²) in [6, 6.07) is 10.9. The second-order valence-electron chi connectivity index (χ2n) is 11.9. The summed E-state index contributed by atoms with van der Waals surface area (Å²) in [5.74, 6) is -7.37. The van der Waals surface area contributed by atoms with Gasteiger partial charge in [-0.25, -0.2) is 4.79 Å². The summed E-state index contributed by atoms with van der Waals surface area (Å²) < 4.78 is 74.2. The number of rotatable bonds is 6. The molecule has 16 heteroatoms. The van der Waals surface area contributed by atoms with E-state index in [0.29, 0.717) is 16.8 Å². The van der Waals surface area contributed by atoms with E-state index >= 15 is 0 Å². The predicted octanol–water partition coefficient (Wildman–Crippen LogP) is 10.9. The highest BCUT2D eigenvalue weighted by molar-refractivity contribution is 5.93. The van der Waals surface area contributed by atoms with Crippen LogP contribution in [-0.4, -0.2) is 39.4 Å². The molecule has 0 atom stereocenters. The Hall–Kier alpha value is -5.54. The van der Waals surface area contributed by atoms with Gasteiger partial charge in [0.15, 0.2) is 11.5 Å². The average molecular weight is 738 g/mol. The largest absolute Gasteiger partial charge is 0.503 e. The van der Waals surface area contributed by atoms with Crippen molar-refractivity contribution >= 4 is 28.8 Å². The number of ketones is 1. The number of anilines is 1. The smallest absolute Gasteiger partial charge is 0.451 e. The predicted molar refractivity (Wildman–Crippen MR) is 185 cm³/mol. The van der Waals surface area contributed by atoms with Crippen LogP contribution in [0.2, 0.25) is 0 Å². The molecule has 0 aliphatic carbocycles. The maximum Gasteiger partial charge on any atom is 0.451 e. The number of allylic oxidation sites excluding steroid dienone is 3. The molecule has 0 spiro atoms. The van der Waals surface area contributed by atoms with Gasteiger partial charge in [-0.15, -0.1) is 15.3 Å². The van der Waals surface area contributed by atoms with Crippen LogP contribution in [0, 0.1) is 62.3 Å². The van der Waals surface area contributed by atoms with Gasteiger partial charge >= 0.3 is 18.3 Å². The van der Waals surface area contributed by atoms with Crippen LogP contribution in [0.5, 0.6) is 0 Å². The number of hydrogen-bond donors (Lipinski definition) is 4. The molecular formula is C36H41F6N5O5. The van der Waals surface area contributed by atoms with Crippen LogP contribution in [0.15, 0.2) is 79.8 Å². The molecule has 3 aromatic rings. The van der Waals surface area contributed by atoms with Crippen molar-refractivity contribution in [1.29, 1.82) is 0 Å². The molecule has 0 saturated heterocycles. The Balaban J connectivity index is 0.000000414. The van der Waals surface area contributed by atoms with Crippen LogP contribution in [0.25, 0.3) is 0 Å². The van der Waals surface area contributed by atoms with E-state index in [4.69, 9.17) is 21.1 Å². The maximum atomic E-state index is 12.4. The standard InChI is InChI=1S/C14H15F3N2O2.C13H13F3N2O3.C9H13N/c1-7-5-9(3)11(6-8(7)2)18-19-12(10(4)20)13(21)14(15,16)17;1-6-4-8(3)9(5-7(6)2)17-18-10(12(20)21)11(19)13(14,15)16;1-6-4-8(3)9(10)5-7(6)2/h5-6,21H,1-4H3;4-5,19H,1-3H3,(H,20,21);4-5H,10H2,1-3H3. The highest BCUT2D eigenvalue weighted by Gasteiger charge is 2.39. The minimum absolute atomic E-state index is 0.229. The molecular weight excluding hydrogens is 696 g/mol. The lowest BCUT2D eigenvalue weighted by Crippen LogP contribution is -2.16. The van der Waals surface area contributed by atoms with Crippen LogP contribution in [-0.2, 0) is 9.59 Å². The molecule has 0 saturated carbocycles. The first-order chi connectivity index (χ1) is 23.7. The number of alkyl halides is 6. The first kappa shape index (κ1) is 44.5. The summed E-state index contributed by atoms with van der Waals surface area (Å²) in [5, 5.41) is 40.0. The number of carboxylic acids is 1. The van der Waals surface area contributed by atoms with Crippen LogP contribution in [0.4, 0.5) is 43.4 Å². The number of nitrogens with zero attached hydrogens (tertiary/aromatic N) is 4. The van der Waals surface area contributed by atoms with Crippen molar-refractivity contribution in [2.45, 2.75) is 81.6 Å². The number of carboxylic acid groups (broad SMARTS) is 1. The number of aliphatic hydroxyl groups is 2. The second kappa shape index (κ2) is 18.1. The molecule has 0 amide bonds. The van der Waals surface area contributed by atoms with Crippen molar-refractivity contribution < 1.29 is 51.3 Å². The summed E-state index contributed by atoms with van der Waals surface area (Å²) in [5.41, 5.74) is 13.2. The fourth-order valence-corrected chi connectivity index (χ4v) is 4.04. The monoisotopic (exact) mass is 737 g/mol. The van der Waals surface area contributed by atoms with Crippen molar-refractivity contribution in [2.24, 2.45) is 20.5 Å². The van der Waals surface area contributed by atoms with Gasteiger partial charge in [0.1, 0.15) is 0 Å². The van der Waals surface area contributed by atoms with Gasteiger partial charge in [-0.05, 0) is 131 Å². The molecule has 3 rings (SSSR count). The van der Waals surface area contributed by atoms with Gasteiger partial charge in [-0.1, -0.05) is 18.2 Å². The first-order valence-corrected chi connectivity index (χ1v) is 15.3. The summed E-state index contributed by atoms with van der Waals surface area (Å²) in [6.07, 6.45) is -10.2. The summed E-state index contributed by atoms with van der Waals surface area (Å²) >= 11 is 0. The quantitative estimate of drug-likeness (QED) is 0.0645. The number of benzene rings is 3. The number of aryl methyl sites for hydroxylation is 9. The van der Waals surface area contributed by atoms with E-state index in [1.54, 1.807) is 39.0 Å². The van der Waals surface area contributed by atoms with Crippen molar-refractivity contribution in [3.63, 3.8) is 0 Å². The molecule has 0 fully saturated rings. The maximum absolute atomic E-state index is 12.4. The van der Waals surface area contributed by atoms with Gasteiger partial charge in [0.2, 0.25) is 17.2 Å².